The summed E-state index contributed by atoms with van der Waals surface area (Å²) in [6.07, 6.45) is 3.55. The number of nitrogens with zero attached hydrogens (tertiary/aromatic N) is 3. The molecule has 1 aliphatic heterocycles. The molecule has 2 amide bonds. The number of aromatic nitrogens is 3. The van der Waals surface area contributed by atoms with Gasteiger partial charge in [0.05, 0.1) is 5.39 Å². The molecule has 0 bridgehead atoms. The Bertz CT molecular complexity index is 1160. The number of likely N-dealkylation sites (tertiary alicyclic amines) is 1. The number of rotatable bonds is 5. The Hall–Kier alpha value is -3.07. The maximum absolute atomic E-state index is 12.6. The zero-order valence-electron chi connectivity index (χ0n) is 17.6. The topological polar surface area (TPSA) is 108 Å². The van der Waals surface area contributed by atoms with Crippen molar-refractivity contribution in [1.29, 1.82) is 0 Å². The minimum Gasteiger partial charge on any atom is -0.343 e. The highest BCUT2D eigenvalue weighted by Crippen LogP contribution is 2.26. The fourth-order valence-electron chi connectivity index (χ4n) is 3.86. The van der Waals surface area contributed by atoms with Crippen molar-refractivity contribution in [1.82, 2.24) is 19.9 Å². The summed E-state index contributed by atoms with van der Waals surface area (Å²) in [7, 11) is 0. The van der Waals surface area contributed by atoms with Crippen LogP contribution in [0.15, 0.2) is 29.2 Å². The maximum Gasteiger partial charge on any atom is 0.259 e. The van der Waals surface area contributed by atoms with E-state index in [1.54, 1.807) is 23.2 Å². The van der Waals surface area contributed by atoms with Gasteiger partial charge in [0, 0.05) is 42.9 Å². The summed E-state index contributed by atoms with van der Waals surface area (Å²) in [5, 5.41) is 3.48. The van der Waals surface area contributed by atoms with Crippen molar-refractivity contribution in [3.05, 3.63) is 51.0 Å². The summed E-state index contributed by atoms with van der Waals surface area (Å²) < 4.78 is 0. The van der Waals surface area contributed by atoms with Crippen LogP contribution in [0.25, 0.3) is 10.2 Å². The number of piperidine rings is 1. The zero-order chi connectivity index (χ0) is 22.0. The molecule has 2 N–H and O–H groups in total. The van der Waals surface area contributed by atoms with E-state index in [-0.39, 0.29) is 29.7 Å². The number of anilines is 1. The highest BCUT2D eigenvalue weighted by Gasteiger charge is 2.27. The van der Waals surface area contributed by atoms with E-state index in [1.165, 1.54) is 11.3 Å². The molecule has 3 aromatic rings. The number of carbonyl (C=O) groups is 2. The lowest BCUT2D eigenvalue weighted by molar-refractivity contribution is -0.134. The number of aromatic amines is 1. The number of H-pyrrole nitrogens is 1. The van der Waals surface area contributed by atoms with Crippen LogP contribution in [0.4, 0.5) is 5.82 Å². The fourth-order valence-corrected chi connectivity index (χ4v) is 4.91. The van der Waals surface area contributed by atoms with Gasteiger partial charge in [0.15, 0.2) is 0 Å². The van der Waals surface area contributed by atoms with Gasteiger partial charge in [-0.25, -0.2) is 9.97 Å². The van der Waals surface area contributed by atoms with Gasteiger partial charge in [0.1, 0.15) is 16.5 Å². The quantitative estimate of drug-likeness (QED) is 0.636. The number of fused-ring (bicyclic) bond motifs is 1. The van der Waals surface area contributed by atoms with E-state index in [9.17, 15) is 14.4 Å². The highest BCUT2D eigenvalue weighted by molar-refractivity contribution is 7.18. The van der Waals surface area contributed by atoms with Crippen LogP contribution in [0.1, 0.15) is 35.5 Å². The van der Waals surface area contributed by atoms with Gasteiger partial charge in [-0.3, -0.25) is 14.4 Å². The van der Waals surface area contributed by atoms with Crippen LogP contribution < -0.4 is 10.9 Å². The first kappa shape index (κ1) is 21.2. The van der Waals surface area contributed by atoms with E-state index in [1.807, 2.05) is 19.9 Å². The average Bonchev–Trinajstić information content (AvgIpc) is 3.06. The first-order valence-corrected chi connectivity index (χ1v) is 11.2. The van der Waals surface area contributed by atoms with E-state index in [0.717, 1.165) is 15.3 Å². The Morgan fingerprint density at radius 2 is 2.03 bits per heavy atom. The van der Waals surface area contributed by atoms with Crippen LogP contribution in [-0.4, -0.2) is 44.8 Å². The van der Waals surface area contributed by atoms with E-state index in [2.05, 4.69) is 20.3 Å². The number of aryl methyl sites for hydroxylation is 3. The molecule has 3 aromatic heterocycles. The average molecular weight is 440 g/mol. The molecule has 162 valence electrons. The van der Waals surface area contributed by atoms with Crippen molar-refractivity contribution >= 4 is 39.2 Å². The van der Waals surface area contributed by atoms with Crippen LogP contribution in [0, 0.1) is 19.8 Å². The zero-order valence-corrected chi connectivity index (χ0v) is 18.4. The van der Waals surface area contributed by atoms with E-state index in [4.69, 9.17) is 0 Å². The molecule has 0 aromatic carbocycles. The van der Waals surface area contributed by atoms with Gasteiger partial charge < -0.3 is 15.2 Å². The third-order valence-corrected chi connectivity index (χ3v) is 6.90. The third kappa shape index (κ3) is 4.66. The second kappa shape index (κ2) is 8.97. The Labute approximate surface area is 183 Å². The smallest absolute Gasteiger partial charge is 0.259 e. The molecular weight excluding hydrogens is 414 g/mol. The molecule has 1 aliphatic rings. The number of amides is 2. The Morgan fingerprint density at radius 1 is 1.26 bits per heavy atom. The lowest BCUT2D eigenvalue weighted by Crippen LogP contribution is -2.41. The molecule has 0 aliphatic carbocycles. The number of hydrogen-bond acceptors (Lipinski definition) is 6. The molecular formula is C22H25N5O3S. The van der Waals surface area contributed by atoms with Crippen molar-refractivity contribution in [2.45, 2.75) is 39.5 Å². The van der Waals surface area contributed by atoms with E-state index >= 15 is 0 Å². The summed E-state index contributed by atoms with van der Waals surface area (Å²) in [4.78, 5) is 52.5. The highest BCUT2D eigenvalue weighted by atomic mass is 32.1. The van der Waals surface area contributed by atoms with Gasteiger partial charge in [-0.15, -0.1) is 11.3 Å². The summed E-state index contributed by atoms with van der Waals surface area (Å²) in [5.41, 5.74) is 0.820. The normalized spacial score (nSPS) is 14.7. The molecule has 9 heteroatoms. The lowest BCUT2D eigenvalue weighted by atomic mass is 9.95. The molecule has 0 unspecified atom stereocenters. The van der Waals surface area contributed by atoms with Gasteiger partial charge in [0.25, 0.3) is 5.56 Å². The number of pyridine rings is 1. The Balaban J connectivity index is 1.30. The van der Waals surface area contributed by atoms with Crippen molar-refractivity contribution in [2.75, 3.05) is 18.4 Å². The van der Waals surface area contributed by atoms with Gasteiger partial charge in [0.2, 0.25) is 11.8 Å². The molecule has 1 saturated heterocycles. The van der Waals surface area contributed by atoms with Crippen LogP contribution in [0.5, 0.6) is 0 Å². The molecule has 8 nitrogen and oxygen atoms in total. The standard InChI is InChI=1S/C22H25N5O3S/c1-13-14(2)31-22-19(13)21(30)25-17(26-22)6-7-18(28)27-11-8-15(9-12-27)20(29)24-16-5-3-4-10-23-16/h3-5,10,15H,6-9,11-12H2,1-2H3,(H,23,24,29)(H,25,26,30). The number of nitrogens with one attached hydrogen (secondary N) is 2. The van der Waals surface area contributed by atoms with E-state index < -0.39 is 0 Å². The van der Waals surface area contributed by atoms with Crippen LogP contribution in [0.3, 0.4) is 0 Å². The maximum atomic E-state index is 12.6. The molecule has 0 atom stereocenters. The van der Waals surface area contributed by atoms with Gasteiger partial charge in [-0.1, -0.05) is 6.07 Å². The van der Waals surface area contributed by atoms with E-state index in [0.29, 0.717) is 49.4 Å². The van der Waals surface area contributed by atoms with Crippen LogP contribution in [-0.2, 0) is 16.0 Å². The van der Waals surface area contributed by atoms with Crippen molar-refractivity contribution in [3.63, 3.8) is 0 Å². The second-order valence-corrected chi connectivity index (χ2v) is 9.04. The third-order valence-electron chi connectivity index (χ3n) is 5.80. The SMILES string of the molecule is Cc1sc2nc(CCC(=O)N3CCC(C(=O)Nc4ccccn4)CC3)[nH]c(=O)c2c1C. The van der Waals surface area contributed by atoms with Gasteiger partial charge in [-0.2, -0.15) is 0 Å². The molecule has 0 radical (unpaired) electrons. The fraction of sp³-hybridized carbons (Fsp3) is 0.409. The van der Waals surface area contributed by atoms with Crippen molar-refractivity contribution in [2.24, 2.45) is 5.92 Å². The Morgan fingerprint density at radius 3 is 2.74 bits per heavy atom. The van der Waals surface area contributed by atoms with Gasteiger partial charge >= 0.3 is 0 Å². The molecule has 0 saturated carbocycles. The molecule has 1 fully saturated rings. The summed E-state index contributed by atoms with van der Waals surface area (Å²) in [6, 6.07) is 5.38. The molecule has 4 heterocycles. The monoisotopic (exact) mass is 439 g/mol. The number of carbonyl (C=O) groups excluding carboxylic acids is 2. The summed E-state index contributed by atoms with van der Waals surface area (Å²) >= 11 is 1.50. The molecule has 0 spiro atoms. The van der Waals surface area contributed by atoms with Crippen LogP contribution in [0.2, 0.25) is 0 Å². The first-order chi connectivity index (χ1) is 14.9. The summed E-state index contributed by atoms with van der Waals surface area (Å²) in [6.45, 7) is 5.00. The lowest BCUT2D eigenvalue weighted by Gasteiger charge is -2.31. The molecule has 4 rings (SSSR count). The predicted octanol–water partition coefficient (Wildman–Crippen LogP) is 2.81. The van der Waals surface area contributed by atoms with Crippen LogP contribution >= 0.6 is 11.3 Å². The Kier molecular flexibility index (Phi) is 6.13. The predicted molar refractivity (Wildman–Crippen MR) is 120 cm³/mol. The molecule has 31 heavy (non-hydrogen) atoms. The number of hydrogen-bond donors (Lipinski definition) is 2. The minimum absolute atomic E-state index is 0.0184. The van der Waals surface area contributed by atoms with Crippen molar-refractivity contribution < 1.29 is 9.59 Å². The minimum atomic E-state index is -0.144. The van der Waals surface area contributed by atoms with Gasteiger partial charge in [-0.05, 0) is 44.4 Å². The largest absolute Gasteiger partial charge is 0.343 e. The second-order valence-electron chi connectivity index (χ2n) is 7.84. The van der Waals surface area contributed by atoms with Crippen molar-refractivity contribution in [3.8, 4) is 0 Å². The first-order valence-electron chi connectivity index (χ1n) is 10.4. The number of thiophene rings is 1. The summed E-state index contributed by atoms with van der Waals surface area (Å²) in [5.74, 6) is 0.918.